The number of benzene rings is 2. The van der Waals surface area contributed by atoms with Gasteiger partial charge in [-0.25, -0.2) is 4.68 Å². The van der Waals surface area contributed by atoms with Crippen molar-refractivity contribution in [3.8, 4) is 11.5 Å². The number of methoxy groups -OCH3 is 2. The van der Waals surface area contributed by atoms with Crippen molar-refractivity contribution in [3.05, 3.63) is 71.5 Å². The van der Waals surface area contributed by atoms with Crippen molar-refractivity contribution < 1.29 is 19.0 Å². The fourth-order valence-electron chi connectivity index (χ4n) is 3.69. The number of likely N-dealkylation sites (tertiary alicyclic amines) is 1. The highest BCUT2D eigenvalue weighted by Gasteiger charge is 2.30. The van der Waals surface area contributed by atoms with Crippen LogP contribution in [-0.4, -0.2) is 53.1 Å². The van der Waals surface area contributed by atoms with E-state index in [2.05, 4.69) is 10.3 Å². The van der Waals surface area contributed by atoms with Crippen LogP contribution < -0.4 is 9.47 Å². The normalized spacial score (nSPS) is 15.8. The molecule has 1 unspecified atom stereocenters. The van der Waals surface area contributed by atoms with Crippen molar-refractivity contribution in [2.75, 3.05) is 27.3 Å². The van der Waals surface area contributed by atoms with Gasteiger partial charge in [0.15, 0.2) is 0 Å². The summed E-state index contributed by atoms with van der Waals surface area (Å²) in [6, 6.07) is 15.3. The number of hydrogen-bond donors (Lipinski definition) is 0. The van der Waals surface area contributed by atoms with Crippen LogP contribution in [-0.2, 0) is 18.0 Å². The molecule has 162 valence electrons. The molecular formula is C23H26N4O4. The van der Waals surface area contributed by atoms with Crippen LogP contribution in [0.3, 0.4) is 0 Å². The van der Waals surface area contributed by atoms with Gasteiger partial charge in [-0.3, -0.25) is 4.79 Å². The summed E-state index contributed by atoms with van der Waals surface area (Å²) < 4.78 is 18.2. The van der Waals surface area contributed by atoms with Crippen molar-refractivity contribution >= 4 is 5.91 Å². The average molecular weight is 422 g/mol. The van der Waals surface area contributed by atoms with Gasteiger partial charge in [0.05, 0.1) is 45.2 Å². The van der Waals surface area contributed by atoms with Crippen LogP contribution in [0, 0.1) is 0 Å². The lowest BCUT2D eigenvalue weighted by Crippen LogP contribution is -2.29. The van der Waals surface area contributed by atoms with E-state index in [0.29, 0.717) is 43.4 Å². The van der Waals surface area contributed by atoms with Gasteiger partial charge in [0, 0.05) is 19.2 Å². The molecule has 1 fully saturated rings. The van der Waals surface area contributed by atoms with Crippen LogP contribution in [0.2, 0.25) is 0 Å². The quantitative estimate of drug-likeness (QED) is 0.555. The minimum atomic E-state index is -0.0615. The molecule has 1 aliphatic rings. The molecule has 1 saturated heterocycles. The summed E-state index contributed by atoms with van der Waals surface area (Å²) in [5.41, 5.74) is 2.42. The van der Waals surface area contributed by atoms with Gasteiger partial charge in [0.1, 0.15) is 17.2 Å². The summed E-state index contributed by atoms with van der Waals surface area (Å²) in [6.45, 7) is 2.15. The third kappa shape index (κ3) is 4.86. The Balaban J connectivity index is 1.34. The summed E-state index contributed by atoms with van der Waals surface area (Å²) in [4.78, 5) is 14.8. The zero-order chi connectivity index (χ0) is 21.6. The highest BCUT2D eigenvalue weighted by Crippen LogP contribution is 2.29. The molecule has 31 heavy (non-hydrogen) atoms. The van der Waals surface area contributed by atoms with Gasteiger partial charge in [-0.2, -0.15) is 0 Å². The van der Waals surface area contributed by atoms with Crippen LogP contribution in [0.5, 0.6) is 11.5 Å². The number of carbonyl (C=O) groups is 1. The third-order valence-electron chi connectivity index (χ3n) is 5.38. The van der Waals surface area contributed by atoms with E-state index in [0.717, 1.165) is 17.7 Å². The van der Waals surface area contributed by atoms with E-state index < -0.39 is 0 Å². The Morgan fingerprint density at radius 3 is 2.71 bits per heavy atom. The molecule has 0 N–H and O–H groups in total. The molecule has 1 aromatic heterocycles. The first-order valence-corrected chi connectivity index (χ1v) is 10.2. The summed E-state index contributed by atoms with van der Waals surface area (Å²) in [6.07, 6.45) is 2.72. The Bertz CT molecular complexity index is 1020. The highest BCUT2D eigenvalue weighted by molar-refractivity contribution is 5.97. The molecule has 0 saturated carbocycles. The number of hydrogen-bond acceptors (Lipinski definition) is 6. The summed E-state index contributed by atoms with van der Waals surface area (Å²) in [7, 11) is 3.13. The fourth-order valence-corrected chi connectivity index (χ4v) is 3.69. The number of aromatic nitrogens is 3. The summed E-state index contributed by atoms with van der Waals surface area (Å²) in [5.74, 6) is 1.09. The molecule has 4 rings (SSSR count). The molecule has 0 radical (unpaired) electrons. The second kappa shape index (κ2) is 9.61. The maximum absolute atomic E-state index is 13.0. The predicted molar refractivity (Wildman–Crippen MR) is 114 cm³/mol. The monoisotopic (exact) mass is 422 g/mol. The van der Waals surface area contributed by atoms with Gasteiger partial charge in [-0.05, 0) is 24.1 Å². The molecule has 8 heteroatoms. The van der Waals surface area contributed by atoms with Crippen molar-refractivity contribution in [2.24, 2.45) is 0 Å². The van der Waals surface area contributed by atoms with E-state index in [1.165, 1.54) is 0 Å². The van der Waals surface area contributed by atoms with Gasteiger partial charge in [0.25, 0.3) is 5.91 Å². The van der Waals surface area contributed by atoms with E-state index in [9.17, 15) is 4.79 Å². The first kappa shape index (κ1) is 20.9. The molecule has 0 aliphatic carbocycles. The molecule has 1 amide bonds. The first-order valence-electron chi connectivity index (χ1n) is 10.2. The zero-order valence-electron chi connectivity index (χ0n) is 17.7. The van der Waals surface area contributed by atoms with Crippen molar-refractivity contribution in [1.82, 2.24) is 19.9 Å². The Labute approximate surface area is 181 Å². The van der Waals surface area contributed by atoms with Gasteiger partial charge in [-0.15, -0.1) is 5.10 Å². The lowest BCUT2D eigenvalue weighted by Gasteiger charge is -2.18. The van der Waals surface area contributed by atoms with E-state index in [1.807, 2.05) is 46.1 Å². The van der Waals surface area contributed by atoms with Gasteiger partial charge >= 0.3 is 0 Å². The number of ether oxygens (including phenoxy) is 3. The molecule has 1 atom stereocenters. The van der Waals surface area contributed by atoms with E-state index in [-0.39, 0.29) is 11.9 Å². The predicted octanol–water partition coefficient (Wildman–Crippen LogP) is 3.10. The van der Waals surface area contributed by atoms with Crippen LogP contribution in [0.4, 0.5) is 0 Å². The Morgan fingerprint density at radius 1 is 1.10 bits per heavy atom. The average Bonchev–Trinajstić information content (AvgIpc) is 3.49. The second-order valence-electron chi connectivity index (χ2n) is 7.43. The first-order chi connectivity index (χ1) is 15.2. The lowest BCUT2D eigenvalue weighted by atomic mass is 10.1. The van der Waals surface area contributed by atoms with Gasteiger partial charge < -0.3 is 19.1 Å². The van der Waals surface area contributed by atoms with Crippen LogP contribution in [0.1, 0.15) is 34.1 Å². The number of rotatable bonds is 8. The standard InChI is InChI=1S/C23H26N4O4/c1-29-20-8-9-21(22(12-20)30-2)23(28)26-11-10-19(14-26)27-13-18(24-25-27)16-31-15-17-6-4-3-5-7-17/h3-9,12-13,19H,10-11,14-16H2,1-2H3. The molecule has 0 spiro atoms. The highest BCUT2D eigenvalue weighted by atomic mass is 16.5. The molecule has 1 aliphatic heterocycles. The van der Waals surface area contributed by atoms with E-state index in [1.54, 1.807) is 32.4 Å². The fraction of sp³-hybridized carbons (Fsp3) is 0.348. The van der Waals surface area contributed by atoms with Crippen LogP contribution >= 0.6 is 0 Å². The van der Waals surface area contributed by atoms with Crippen LogP contribution in [0.15, 0.2) is 54.7 Å². The maximum Gasteiger partial charge on any atom is 0.257 e. The molecule has 2 aromatic carbocycles. The minimum Gasteiger partial charge on any atom is -0.497 e. The minimum absolute atomic E-state index is 0.0615. The van der Waals surface area contributed by atoms with Gasteiger partial charge in [0.2, 0.25) is 0 Å². The molecular weight excluding hydrogens is 396 g/mol. The lowest BCUT2D eigenvalue weighted by molar-refractivity contribution is 0.0783. The Hall–Kier alpha value is -3.39. The van der Waals surface area contributed by atoms with E-state index >= 15 is 0 Å². The molecule has 8 nitrogen and oxygen atoms in total. The number of carbonyl (C=O) groups excluding carboxylic acids is 1. The topological polar surface area (TPSA) is 78.7 Å². The van der Waals surface area contributed by atoms with Crippen LogP contribution in [0.25, 0.3) is 0 Å². The molecule has 0 bridgehead atoms. The Kier molecular flexibility index (Phi) is 6.47. The maximum atomic E-state index is 13.0. The van der Waals surface area contributed by atoms with E-state index in [4.69, 9.17) is 14.2 Å². The van der Waals surface area contributed by atoms with Gasteiger partial charge in [-0.1, -0.05) is 35.5 Å². The zero-order valence-corrected chi connectivity index (χ0v) is 17.7. The SMILES string of the molecule is COc1ccc(C(=O)N2CCC(n3cc(COCc4ccccc4)nn3)C2)c(OC)c1. The second-order valence-corrected chi connectivity index (χ2v) is 7.43. The smallest absolute Gasteiger partial charge is 0.257 e. The summed E-state index contributed by atoms with van der Waals surface area (Å²) >= 11 is 0. The molecule has 3 aromatic rings. The summed E-state index contributed by atoms with van der Waals surface area (Å²) in [5, 5.41) is 8.47. The van der Waals surface area contributed by atoms with Crippen molar-refractivity contribution in [1.29, 1.82) is 0 Å². The molecule has 2 heterocycles. The Morgan fingerprint density at radius 2 is 1.94 bits per heavy atom. The largest absolute Gasteiger partial charge is 0.497 e. The van der Waals surface area contributed by atoms with Crippen molar-refractivity contribution in [2.45, 2.75) is 25.7 Å². The van der Waals surface area contributed by atoms with Crippen molar-refractivity contribution in [3.63, 3.8) is 0 Å². The third-order valence-corrected chi connectivity index (χ3v) is 5.38. The number of amides is 1. The number of nitrogens with zero attached hydrogens (tertiary/aromatic N) is 4.